The van der Waals surface area contributed by atoms with Crippen molar-refractivity contribution in [3.63, 3.8) is 0 Å². The molecule has 0 amide bonds. The third-order valence-corrected chi connectivity index (χ3v) is 5.71. The largest absolute Gasteiger partial charge is 0.388 e. The van der Waals surface area contributed by atoms with E-state index >= 15 is 0 Å². The van der Waals surface area contributed by atoms with Gasteiger partial charge in [-0.15, -0.1) is 0 Å². The van der Waals surface area contributed by atoms with Crippen LogP contribution in [0.2, 0.25) is 0 Å². The summed E-state index contributed by atoms with van der Waals surface area (Å²) in [5.41, 5.74) is 3.11. The molecule has 0 saturated carbocycles. The van der Waals surface area contributed by atoms with E-state index in [0.29, 0.717) is 5.69 Å². The zero-order valence-corrected chi connectivity index (χ0v) is 15.7. The molecule has 0 saturated heterocycles. The van der Waals surface area contributed by atoms with Crippen LogP contribution in [-0.4, -0.2) is 21.5 Å². The first-order valence-electron chi connectivity index (χ1n) is 6.85. The van der Waals surface area contributed by atoms with Crippen molar-refractivity contribution in [2.24, 2.45) is 5.10 Å². The van der Waals surface area contributed by atoms with Crippen molar-refractivity contribution in [3.05, 3.63) is 34.4 Å². The number of rotatable bonds is 8. The second-order valence-electron chi connectivity index (χ2n) is 5.10. The molecule has 1 N–H and O–H groups in total. The minimum Gasteiger partial charge on any atom is -0.301 e. The lowest BCUT2D eigenvalue weighted by atomic mass is 10.3. The Morgan fingerprint density at radius 2 is 1.70 bits per heavy atom. The van der Waals surface area contributed by atoms with Crippen LogP contribution >= 0.6 is 23.5 Å². The maximum Gasteiger partial charge on any atom is 0.388 e. The number of non-ortho nitro benzene ring substituents is 1. The molecule has 0 fully saturated rings. The molecule has 0 aromatic heterocycles. The van der Waals surface area contributed by atoms with E-state index in [4.69, 9.17) is 9.05 Å². The van der Waals surface area contributed by atoms with Gasteiger partial charge >= 0.3 is 7.60 Å². The van der Waals surface area contributed by atoms with Crippen molar-refractivity contribution < 1.29 is 18.5 Å². The van der Waals surface area contributed by atoms with Crippen molar-refractivity contribution in [1.82, 2.24) is 0 Å². The highest BCUT2D eigenvalue weighted by Gasteiger charge is 2.33. The Bertz CT molecular complexity index is 605. The van der Waals surface area contributed by atoms with Gasteiger partial charge in [-0.2, -0.15) is 5.10 Å². The van der Waals surface area contributed by atoms with Crippen molar-refractivity contribution in [3.8, 4) is 0 Å². The van der Waals surface area contributed by atoms with Crippen molar-refractivity contribution >= 4 is 39.3 Å². The summed E-state index contributed by atoms with van der Waals surface area (Å²) in [7, 11) is -3.59. The van der Waals surface area contributed by atoms with Crippen LogP contribution in [0.4, 0.5) is 11.4 Å². The quantitative estimate of drug-likeness (QED) is 0.289. The average molecular weight is 408 g/mol. The zero-order valence-electron chi connectivity index (χ0n) is 13.2. The highest BCUT2D eigenvalue weighted by atomic mass is 79.9. The highest BCUT2D eigenvalue weighted by Crippen LogP contribution is 2.53. The van der Waals surface area contributed by atoms with Crippen LogP contribution in [-0.2, 0) is 13.6 Å². The lowest BCUT2D eigenvalue weighted by Crippen LogP contribution is -2.12. The number of nitro groups is 1. The summed E-state index contributed by atoms with van der Waals surface area (Å²) in [6.45, 7) is 6.95. The maximum atomic E-state index is 12.7. The van der Waals surface area contributed by atoms with Crippen molar-refractivity contribution in [2.75, 3.05) is 5.43 Å². The van der Waals surface area contributed by atoms with Crippen LogP contribution < -0.4 is 5.43 Å². The molecule has 0 aliphatic heterocycles. The Morgan fingerprint density at radius 3 is 2.09 bits per heavy atom. The van der Waals surface area contributed by atoms with E-state index in [9.17, 15) is 14.7 Å². The Morgan fingerprint density at radius 1 is 1.22 bits per heavy atom. The fourth-order valence-corrected chi connectivity index (χ4v) is 3.59. The summed E-state index contributed by atoms with van der Waals surface area (Å²) >= 11 is 3.12. The molecule has 0 unspecified atom stereocenters. The minimum absolute atomic E-state index is 0.00856. The number of halogens is 1. The van der Waals surface area contributed by atoms with Gasteiger partial charge < -0.3 is 9.05 Å². The molecule has 0 heterocycles. The van der Waals surface area contributed by atoms with Gasteiger partial charge in [-0.1, -0.05) is 0 Å². The summed E-state index contributed by atoms with van der Waals surface area (Å²) in [6, 6.07) is 5.64. The summed E-state index contributed by atoms with van der Waals surface area (Å²) in [5, 5.41) is 14.5. The fraction of sp³-hybridized carbons (Fsp3) is 0.462. The Kier molecular flexibility index (Phi) is 7.34. The number of nitrogens with zero attached hydrogens (tertiary/aromatic N) is 2. The smallest absolute Gasteiger partial charge is 0.301 e. The molecule has 1 aromatic carbocycles. The first kappa shape index (κ1) is 19.8. The van der Waals surface area contributed by atoms with E-state index in [1.807, 2.05) is 0 Å². The van der Waals surface area contributed by atoms with Gasteiger partial charge in [-0.05, 0) is 55.8 Å². The van der Waals surface area contributed by atoms with E-state index in [0.717, 1.165) is 0 Å². The number of benzene rings is 1. The third kappa shape index (κ3) is 6.39. The molecular weight excluding hydrogens is 389 g/mol. The number of anilines is 1. The molecule has 0 aliphatic carbocycles. The Balaban J connectivity index is 2.90. The second-order valence-corrected chi connectivity index (χ2v) is 8.31. The lowest BCUT2D eigenvalue weighted by Gasteiger charge is -2.21. The molecule has 8 nitrogen and oxygen atoms in total. The summed E-state index contributed by atoms with van der Waals surface area (Å²) in [6.07, 6.45) is -0.636. The van der Waals surface area contributed by atoms with Gasteiger partial charge in [-0.3, -0.25) is 20.1 Å². The predicted octanol–water partition coefficient (Wildman–Crippen LogP) is 4.72. The second kappa shape index (κ2) is 8.54. The van der Waals surface area contributed by atoms with Crippen LogP contribution in [0.15, 0.2) is 29.4 Å². The van der Waals surface area contributed by atoms with Crippen molar-refractivity contribution in [1.29, 1.82) is 0 Å². The molecule has 1 rings (SSSR count). The topological polar surface area (TPSA) is 103 Å². The van der Waals surface area contributed by atoms with Crippen LogP contribution in [0.1, 0.15) is 27.7 Å². The van der Waals surface area contributed by atoms with Gasteiger partial charge in [0.05, 0.1) is 22.8 Å². The van der Waals surface area contributed by atoms with E-state index in [1.165, 1.54) is 24.3 Å². The number of hydrogen-bond donors (Lipinski definition) is 1. The predicted molar refractivity (Wildman–Crippen MR) is 93.1 cm³/mol. The highest BCUT2D eigenvalue weighted by molar-refractivity contribution is 9.20. The average Bonchev–Trinajstić information content (AvgIpc) is 2.43. The first-order valence-corrected chi connectivity index (χ1v) is 9.18. The van der Waals surface area contributed by atoms with Crippen LogP contribution in [0, 0.1) is 10.1 Å². The monoisotopic (exact) mass is 407 g/mol. The van der Waals surface area contributed by atoms with Gasteiger partial charge in [0.2, 0.25) is 4.36 Å². The Hall–Kier alpha value is -1.28. The molecular formula is C13H19BrN3O5P. The minimum atomic E-state index is -3.59. The molecule has 0 radical (unpaired) electrons. The van der Waals surface area contributed by atoms with Crippen LogP contribution in [0.3, 0.4) is 0 Å². The van der Waals surface area contributed by atoms with E-state index in [1.54, 1.807) is 27.7 Å². The molecule has 0 aliphatic rings. The van der Waals surface area contributed by atoms with E-state index in [2.05, 4.69) is 26.5 Å². The molecule has 0 spiro atoms. The standard InChI is InChI=1S/C13H19BrN3O5P/c1-9(2)21-23(20,22-10(3)4)13(14)16-15-11-5-7-12(8-6-11)17(18)19/h5-10,15H,1-4H3/b16-13+. The number of nitrogens with one attached hydrogen (secondary N) is 1. The fourth-order valence-electron chi connectivity index (χ4n) is 1.50. The van der Waals surface area contributed by atoms with E-state index < -0.39 is 12.5 Å². The number of hydrazone groups is 1. The molecule has 128 valence electrons. The van der Waals surface area contributed by atoms with Gasteiger partial charge in [0.25, 0.3) is 5.69 Å². The maximum absolute atomic E-state index is 12.7. The summed E-state index contributed by atoms with van der Waals surface area (Å²) in [4.78, 5) is 10.1. The number of nitro benzene ring substituents is 1. The molecule has 0 bridgehead atoms. The zero-order chi connectivity index (χ0) is 17.6. The van der Waals surface area contributed by atoms with Crippen molar-refractivity contribution in [2.45, 2.75) is 39.9 Å². The van der Waals surface area contributed by atoms with Crippen LogP contribution in [0.25, 0.3) is 0 Å². The first-order chi connectivity index (χ1) is 10.6. The molecule has 10 heteroatoms. The van der Waals surface area contributed by atoms with Gasteiger partial charge in [0, 0.05) is 12.1 Å². The third-order valence-electron chi connectivity index (χ3n) is 2.28. The van der Waals surface area contributed by atoms with E-state index in [-0.39, 0.29) is 22.3 Å². The van der Waals surface area contributed by atoms with Gasteiger partial charge in [0.15, 0.2) is 0 Å². The molecule has 1 aromatic rings. The summed E-state index contributed by atoms with van der Waals surface area (Å²) < 4.78 is 23.5. The number of hydrogen-bond acceptors (Lipinski definition) is 7. The lowest BCUT2D eigenvalue weighted by molar-refractivity contribution is -0.384. The summed E-state index contributed by atoms with van der Waals surface area (Å²) in [5.74, 6) is 0. The van der Waals surface area contributed by atoms with Crippen LogP contribution in [0.5, 0.6) is 0 Å². The molecule has 23 heavy (non-hydrogen) atoms. The SMILES string of the molecule is CC(C)OP(=O)(OC(C)C)/C(Br)=N/Nc1ccc([N+](=O)[O-])cc1. The Labute approximate surface area is 143 Å². The van der Waals surface area contributed by atoms with Gasteiger partial charge in [-0.25, -0.2) is 0 Å². The van der Waals surface area contributed by atoms with Gasteiger partial charge in [0.1, 0.15) is 0 Å². The molecule has 0 atom stereocenters. The normalized spacial score (nSPS) is 12.7.